The Morgan fingerprint density at radius 3 is 2.51 bits per heavy atom. The van der Waals surface area contributed by atoms with Crippen molar-refractivity contribution in [3.8, 4) is 11.5 Å². The summed E-state index contributed by atoms with van der Waals surface area (Å²) in [4.78, 5) is 28.0. The summed E-state index contributed by atoms with van der Waals surface area (Å²) in [7, 11) is 0. The molecule has 1 aliphatic heterocycles. The van der Waals surface area contributed by atoms with Gasteiger partial charge in [-0.1, -0.05) is 30.3 Å². The van der Waals surface area contributed by atoms with Gasteiger partial charge in [-0.15, -0.1) is 0 Å². The molecule has 178 valence electrons. The molecule has 0 bridgehead atoms. The lowest BCUT2D eigenvalue weighted by Gasteiger charge is -2.13. The van der Waals surface area contributed by atoms with Crippen LogP contribution in [0, 0.1) is 6.92 Å². The van der Waals surface area contributed by atoms with E-state index in [4.69, 9.17) is 14.2 Å². The van der Waals surface area contributed by atoms with Crippen molar-refractivity contribution in [2.75, 3.05) is 11.9 Å². The van der Waals surface area contributed by atoms with E-state index in [0.717, 1.165) is 16.7 Å². The SMILES string of the molecule is CCOc1cc(/C=C2\N=C(c3ccc(NC(C)=O)cc3)OC2=O)ccc1OCc1ccccc1C. The molecule has 0 fully saturated rings. The van der Waals surface area contributed by atoms with Crippen LogP contribution in [0.1, 0.15) is 36.1 Å². The molecule has 0 radical (unpaired) electrons. The number of carbonyl (C=O) groups excluding carboxylic acids is 2. The van der Waals surface area contributed by atoms with E-state index in [0.29, 0.717) is 36.0 Å². The molecule has 35 heavy (non-hydrogen) atoms. The minimum Gasteiger partial charge on any atom is -0.490 e. The second kappa shape index (κ2) is 10.7. The molecule has 0 atom stereocenters. The smallest absolute Gasteiger partial charge is 0.363 e. The van der Waals surface area contributed by atoms with Gasteiger partial charge in [0, 0.05) is 18.2 Å². The molecule has 1 heterocycles. The third-order valence-electron chi connectivity index (χ3n) is 5.29. The quantitative estimate of drug-likeness (QED) is 0.358. The lowest BCUT2D eigenvalue weighted by atomic mass is 10.1. The Labute approximate surface area is 204 Å². The molecule has 1 aliphatic rings. The summed E-state index contributed by atoms with van der Waals surface area (Å²) in [6.45, 7) is 6.28. The Balaban J connectivity index is 1.53. The summed E-state index contributed by atoms with van der Waals surface area (Å²) in [6.07, 6.45) is 1.65. The fourth-order valence-electron chi connectivity index (χ4n) is 3.52. The summed E-state index contributed by atoms with van der Waals surface area (Å²) < 4.78 is 17.2. The van der Waals surface area contributed by atoms with Crippen molar-refractivity contribution in [3.63, 3.8) is 0 Å². The molecule has 0 saturated heterocycles. The number of nitrogens with one attached hydrogen (secondary N) is 1. The number of cyclic esters (lactones) is 1. The van der Waals surface area contributed by atoms with Gasteiger partial charge in [-0.05, 0) is 73.0 Å². The number of hydrogen-bond acceptors (Lipinski definition) is 6. The van der Waals surface area contributed by atoms with Crippen molar-refractivity contribution >= 4 is 29.5 Å². The van der Waals surface area contributed by atoms with E-state index in [9.17, 15) is 9.59 Å². The molecule has 7 heteroatoms. The Kier molecular flexibility index (Phi) is 7.26. The summed E-state index contributed by atoms with van der Waals surface area (Å²) in [5.74, 6) is 0.711. The van der Waals surface area contributed by atoms with Gasteiger partial charge in [0.2, 0.25) is 11.8 Å². The summed E-state index contributed by atoms with van der Waals surface area (Å²) in [5.41, 5.74) is 4.45. The maximum Gasteiger partial charge on any atom is 0.363 e. The minimum atomic E-state index is -0.538. The Morgan fingerprint density at radius 2 is 1.80 bits per heavy atom. The highest BCUT2D eigenvalue weighted by Gasteiger charge is 2.24. The van der Waals surface area contributed by atoms with Crippen LogP contribution in [0.25, 0.3) is 6.08 Å². The van der Waals surface area contributed by atoms with Gasteiger partial charge >= 0.3 is 5.97 Å². The topological polar surface area (TPSA) is 86.2 Å². The number of benzene rings is 3. The van der Waals surface area contributed by atoms with Gasteiger partial charge in [0.1, 0.15) is 6.61 Å². The largest absolute Gasteiger partial charge is 0.490 e. The molecule has 7 nitrogen and oxygen atoms in total. The van der Waals surface area contributed by atoms with Crippen molar-refractivity contribution in [2.45, 2.75) is 27.4 Å². The number of hydrogen-bond donors (Lipinski definition) is 1. The van der Waals surface area contributed by atoms with Crippen molar-refractivity contribution in [1.29, 1.82) is 0 Å². The van der Waals surface area contributed by atoms with Gasteiger partial charge in [0.25, 0.3) is 0 Å². The zero-order valence-corrected chi connectivity index (χ0v) is 19.8. The van der Waals surface area contributed by atoms with Crippen LogP contribution in [0.15, 0.2) is 77.4 Å². The Bertz CT molecular complexity index is 1310. The number of ether oxygens (including phenoxy) is 3. The van der Waals surface area contributed by atoms with E-state index in [1.807, 2.05) is 56.3 Å². The van der Waals surface area contributed by atoms with Crippen molar-refractivity contribution in [1.82, 2.24) is 0 Å². The molecule has 4 rings (SSSR count). The number of carbonyl (C=O) groups is 2. The molecular weight excluding hydrogens is 444 g/mol. The average Bonchev–Trinajstić information content (AvgIpc) is 3.20. The van der Waals surface area contributed by atoms with Gasteiger partial charge in [-0.2, -0.15) is 0 Å². The van der Waals surface area contributed by atoms with E-state index in [1.54, 1.807) is 30.3 Å². The standard InChI is InChI=1S/C28H26N2O5/c1-4-33-26-16-20(9-14-25(26)34-17-22-8-6-5-7-18(22)2)15-24-28(32)35-27(30-24)21-10-12-23(13-11-21)29-19(3)31/h5-16H,4,17H2,1-3H3,(H,29,31)/b24-15-. The number of rotatable bonds is 8. The van der Waals surface area contributed by atoms with E-state index in [-0.39, 0.29) is 17.5 Å². The predicted octanol–water partition coefficient (Wildman–Crippen LogP) is 5.28. The van der Waals surface area contributed by atoms with E-state index in [2.05, 4.69) is 10.3 Å². The van der Waals surface area contributed by atoms with Crippen LogP contribution in [0.4, 0.5) is 5.69 Å². The highest BCUT2D eigenvalue weighted by Crippen LogP contribution is 2.31. The first-order valence-electron chi connectivity index (χ1n) is 11.3. The second-order valence-corrected chi connectivity index (χ2v) is 7.95. The summed E-state index contributed by atoms with van der Waals surface area (Å²) in [5, 5.41) is 2.69. The monoisotopic (exact) mass is 470 g/mol. The van der Waals surface area contributed by atoms with Gasteiger partial charge in [0.15, 0.2) is 17.2 Å². The first kappa shape index (κ1) is 23.8. The zero-order chi connectivity index (χ0) is 24.8. The lowest BCUT2D eigenvalue weighted by molar-refractivity contribution is -0.129. The molecule has 1 N–H and O–H groups in total. The molecule has 0 aromatic heterocycles. The van der Waals surface area contributed by atoms with Crippen molar-refractivity contribution < 1.29 is 23.8 Å². The van der Waals surface area contributed by atoms with Crippen LogP contribution in [-0.2, 0) is 20.9 Å². The maximum absolute atomic E-state index is 12.4. The molecule has 0 unspecified atom stereocenters. The van der Waals surface area contributed by atoms with Crippen molar-refractivity contribution in [3.05, 3.63) is 94.7 Å². The molecule has 0 saturated carbocycles. The van der Waals surface area contributed by atoms with Crippen LogP contribution in [-0.4, -0.2) is 24.4 Å². The fourth-order valence-corrected chi connectivity index (χ4v) is 3.52. The van der Waals surface area contributed by atoms with Crippen LogP contribution in [0.2, 0.25) is 0 Å². The third-order valence-corrected chi connectivity index (χ3v) is 5.29. The fraction of sp³-hybridized carbons (Fsp3) is 0.179. The summed E-state index contributed by atoms with van der Waals surface area (Å²) >= 11 is 0. The Morgan fingerprint density at radius 1 is 1.03 bits per heavy atom. The predicted molar refractivity (Wildman–Crippen MR) is 134 cm³/mol. The molecule has 0 aliphatic carbocycles. The van der Waals surface area contributed by atoms with Crippen LogP contribution >= 0.6 is 0 Å². The van der Waals surface area contributed by atoms with Crippen LogP contribution in [0.5, 0.6) is 11.5 Å². The average molecular weight is 471 g/mol. The molecule has 1 amide bonds. The van der Waals surface area contributed by atoms with E-state index >= 15 is 0 Å². The first-order valence-corrected chi connectivity index (χ1v) is 11.3. The van der Waals surface area contributed by atoms with Gasteiger partial charge in [-0.3, -0.25) is 4.79 Å². The van der Waals surface area contributed by atoms with E-state index in [1.165, 1.54) is 6.92 Å². The van der Waals surface area contributed by atoms with Gasteiger partial charge < -0.3 is 19.5 Å². The number of nitrogens with zero attached hydrogens (tertiary/aromatic N) is 1. The van der Waals surface area contributed by atoms with Gasteiger partial charge in [-0.25, -0.2) is 9.79 Å². The number of esters is 1. The Hall–Kier alpha value is -4.39. The number of anilines is 1. The number of aryl methyl sites for hydroxylation is 1. The molecular formula is C28H26N2O5. The molecule has 0 spiro atoms. The highest BCUT2D eigenvalue weighted by molar-refractivity contribution is 6.13. The number of aliphatic imine (C=N–C) groups is 1. The van der Waals surface area contributed by atoms with Gasteiger partial charge in [0.05, 0.1) is 6.61 Å². The van der Waals surface area contributed by atoms with E-state index < -0.39 is 5.97 Å². The number of amides is 1. The molecule has 3 aromatic rings. The van der Waals surface area contributed by atoms with Crippen LogP contribution in [0.3, 0.4) is 0 Å². The zero-order valence-electron chi connectivity index (χ0n) is 19.8. The third kappa shape index (κ3) is 5.95. The normalized spacial score (nSPS) is 13.9. The molecule has 3 aromatic carbocycles. The second-order valence-electron chi connectivity index (χ2n) is 7.95. The maximum atomic E-state index is 12.4. The summed E-state index contributed by atoms with van der Waals surface area (Å²) in [6, 6.07) is 20.4. The first-order chi connectivity index (χ1) is 16.9. The van der Waals surface area contributed by atoms with Crippen molar-refractivity contribution in [2.24, 2.45) is 4.99 Å². The lowest BCUT2D eigenvalue weighted by Crippen LogP contribution is -2.07. The van der Waals surface area contributed by atoms with Crippen LogP contribution < -0.4 is 14.8 Å². The minimum absolute atomic E-state index is 0.161. The highest BCUT2D eigenvalue weighted by atomic mass is 16.6.